The molecule has 0 spiro atoms. The van der Waals surface area contributed by atoms with Crippen molar-refractivity contribution in [2.24, 2.45) is 0 Å². The van der Waals surface area contributed by atoms with Gasteiger partial charge in [-0.05, 0) is 31.0 Å². The van der Waals surface area contributed by atoms with E-state index in [2.05, 4.69) is 20.3 Å². The third-order valence-corrected chi connectivity index (χ3v) is 6.07. The Kier molecular flexibility index (Phi) is 5.02. The van der Waals surface area contributed by atoms with Crippen molar-refractivity contribution in [3.63, 3.8) is 0 Å². The van der Waals surface area contributed by atoms with Crippen LogP contribution in [0.5, 0.6) is 0 Å². The lowest BCUT2D eigenvalue weighted by Gasteiger charge is -2.31. The van der Waals surface area contributed by atoms with E-state index in [1.807, 2.05) is 11.0 Å². The molecule has 0 bridgehead atoms. The number of nitrogens with zero attached hydrogens (tertiary/aromatic N) is 6. The number of halogens is 4. The number of hydrogen-bond donors (Lipinski definition) is 0. The van der Waals surface area contributed by atoms with Crippen molar-refractivity contribution in [1.29, 1.82) is 0 Å². The molecule has 3 aromatic heterocycles. The van der Waals surface area contributed by atoms with Gasteiger partial charge in [-0.15, -0.1) is 15.3 Å². The van der Waals surface area contributed by atoms with Crippen molar-refractivity contribution in [2.45, 2.75) is 39.2 Å². The van der Waals surface area contributed by atoms with Crippen molar-refractivity contribution < 1.29 is 17.6 Å². The van der Waals surface area contributed by atoms with Crippen molar-refractivity contribution in [1.82, 2.24) is 24.8 Å². The standard InChI is InChI=1S/C23H20F4N6/c1-13-14(2)21(31-33-20(13)29-30-22(33)23(25,26)27)32-9-8-18-17(12-32)10-16(11-28-18)19(24)15-6-4-3-5-7-15/h3-7,10-11,19H,8-9,12H2,1-2H3. The summed E-state index contributed by atoms with van der Waals surface area (Å²) in [5, 5.41) is 11.3. The van der Waals surface area contributed by atoms with Crippen LogP contribution in [0.2, 0.25) is 0 Å². The smallest absolute Gasteiger partial charge is 0.350 e. The fourth-order valence-electron chi connectivity index (χ4n) is 4.17. The van der Waals surface area contributed by atoms with Gasteiger partial charge in [0.1, 0.15) is 0 Å². The summed E-state index contributed by atoms with van der Waals surface area (Å²) in [5.41, 5.74) is 4.04. The Balaban J connectivity index is 1.52. The van der Waals surface area contributed by atoms with E-state index in [4.69, 9.17) is 0 Å². The van der Waals surface area contributed by atoms with Crippen LogP contribution in [-0.4, -0.2) is 31.3 Å². The Bertz CT molecular complexity index is 1330. The molecule has 170 valence electrons. The molecule has 0 N–H and O–H groups in total. The summed E-state index contributed by atoms with van der Waals surface area (Å²) in [5.74, 6) is -0.743. The van der Waals surface area contributed by atoms with Gasteiger partial charge in [-0.2, -0.15) is 17.7 Å². The van der Waals surface area contributed by atoms with Crippen LogP contribution in [0.1, 0.15) is 45.5 Å². The number of pyridine rings is 1. The highest BCUT2D eigenvalue weighted by molar-refractivity contribution is 5.60. The zero-order valence-electron chi connectivity index (χ0n) is 17.9. The van der Waals surface area contributed by atoms with Gasteiger partial charge in [-0.3, -0.25) is 4.98 Å². The fraction of sp³-hybridized carbons (Fsp3) is 0.304. The molecule has 0 fully saturated rings. The topological polar surface area (TPSA) is 59.2 Å². The lowest BCUT2D eigenvalue weighted by Crippen LogP contribution is -2.33. The van der Waals surface area contributed by atoms with E-state index in [1.54, 1.807) is 50.4 Å². The highest BCUT2D eigenvalue weighted by atomic mass is 19.4. The number of alkyl halides is 4. The van der Waals surface area contributed by atoms with Crippen LogP contribution in [-0.2, 0) is 19.1 Å². The van der Waals surface area contributed by atoms with Gasteiger partial charge in [0.25, 0.3) is 5.82 Å². The minimum atomic E-state index is -4.67. The summed E-state index contributed by atoms with van der Waals surface area (Å²) in [7, 11) is 0. The minimum absolute atomic E-state index is 0.0769. The van der Waals surface area contributed by atoms with Gasteiger partial charge >= 0.3 is 6.18 Å². The van der Waals surface area contributed by atoms with Crippen LogP contribution < -0.4 is 4.90 Å². The molecule has 1 aromatic carbocycles. The van der Waals surface area contributed by atoms with E-state index in [1.165, 1.54) is 0 Å². The lowest BCUT2D eigenvalue weighted by atomic mass is 9.98. The van der Waals surface area contributed by atoms with Crippen LogP contribution in [0.4, 0.5) is 23.4 Å². The number of aryl methyl sites for hydroxylation is 1. The molecule has 1 aliphatic rings. The molecule has 10 heteroatoms. The largest absolute Gasteiger partial charge is 0.453 e. The molecule has 0 saturated carbocycles. The number of rotatable bonds is 3. The molecule has 0 aliphatic carbocycles. The van der Waals surface area contributed by atoms with E-state index < -0.39 is 18.2 Å². The Morgan fingerprint density at radius 3 is 2.48 bits per heavy atom. The molecule has 5 rings (SSSR count). The number of benzene rings is 1. The monoisotopic (exact) mass is 456 g/mol. The second kappa shape index (κ2) is 7.79. The molecule has 0 amide bonds. The van der Waals surface area contributed by atoms with Crippen molar-refractivity contribution in [2.75, 3.05) is 11.4 Å². The van der Waals surface area contributed by atoms with Gasteiger partial charge in [0.15, 0.2) is 17.6 Å². The average molecular weight is 456 g/mol. The van der Waals surface area contributed by atoms with Crippen LogP contribution in [0, 0.1) is 13.8 Å². The third kappa shape index (κ3) is 3.69. The van der Waals surface area contributed by atoms with Gasteiger partial charge < -0.3 is 4.90 Å². The first-order valence-corrected chi connectivity index (χ1v) is 10.5. The third-order valence-electron chi connectivity index (χ3n) is 6.07. The first-order chi connectivity index (χ1) is 15.7. The zero-order valence-corrected chi connectivity index (χ0v) is 17.9. The van der Waals surface area contributed by atoms with E-state index in [0.717, 1.165) is 21.3 Å². The van der Waals surface area contributed by atoms with Gasteiger partial charge in [-0.25, -0.2) is 4.39 Å². The van der Waals surface area contributed by atoms with E-state index in [0.29, 0.717) is 42.0 Å². The highest BCUT2D eigenvalue weighted by Crippen LogP contribution is 2.33. The van der Waals surface area contributed by atoms with E-state index in [9.17, 15) is 13.2 Å². The van der Waals surface area contributed by atoms with E-state index in [-0.39, 0.29) is 5.65 Å². The number of aromatic nitrogens is 5. The average Bonchev–Trinajstić information content (AvgIpc) is 3.25. The minimum Gasteiger partial charge on any atom is -0.350 e. The van der Waals surface area contributed by atoms with Crippen molar-refractivity contribution in [3.05, 3.63) is 81.9 Å². The second-order valence-electron chi connectivity index (χ2n) is 8.15. The van der Waals surface area contributed by atoms with Gasteiger partial charge in [0.05, 0.1) is 0 Å². The van der Waals surface area contributed by atoms with Gasteiger partial charge in [0, 0.05) is 48.1 Å². The SMILES string of the molecule is Cc1c(N2CCc3ncc(C(F)c4ccccc4)cc3C2)nn2c(C(F)(F)F)nnc2c1C. The van der Waals surface area contributed by atoms with E-state index >= 15 is 4.39 Å². The summed E-state index contributed by atoms with van der Waals surface area (Å²) in [6.07, 6.45) is -3.86. The van der Waals surface area contributed by atoms with Crippen LogP contribution >= 0.6 is 0 Å². The Labute approximate surface area is 186 Å². The molecular formula is C23H20F4N6. The molecule has 1 unspecified atom stereocenters. The van der Waals surface area contributed by atoms with Crippen LogP contribution in [0.15, 0.2) is 42.6 Å². The summed E-state index contributed by atoms with van der Waals surface area (Å²) in [6, 6.07) is 10.6. The molecule has 1 atom stereocenters. The highest BCUT2D eigenvalue weighted by Gasteiger charge is 2.38. The molecule has 33 heavy (non-hydrogen) atoms. The maximum Gasteiger partial charge on any atom is 0.453 e. The summed E-state index contributed by atoms with van der Waals surface area (Å²) in [4.78, 5) is 6.36. The summed E-state index contributed by atoms with van der Waals surface area (Å²) >= 11 is 0. The number of hydrogen-bond acceptors (Lipinski definition) is 5. The molecule has 4 aromatic rings. The molecule has 0 saturated heterocycles. The van der Waals surface area contributed by atoms with Crippen molar-refractivity contribution >= 4 is 11.5 Å². The Hall–Kier alpha value is -3.56. The first-order valence-electron chi connectivity index (χ1n) is 10.5. The lowest BCUT2D eigenvalue weighted by molar-refractivity contribution is -0.146. The quantitative estimate of drug-likeness (QED) is 0.416. The summed E-state index contributed by atoms with van der Waals surface area (Å²) in [6.45, 7) is 4.39. The summed E-state index contributed by atoms with van der Waals surface area (Å²) < 4.78 is 56.0. The Morgan fingerprint density at radius 2 is 1.76 bits per heavy atom. The first kappa shape index (κ1) is 21.3. The molecular weight excluding hydrogens is 436 g/mol. The maximum absolute atomic E-state index is 15.1. The second-order valence-corrected chi connectivity index (χ2v) is 8.15. The number of anilines is 1. The normalized spacial score (nSPS) is 15.0. The molecule has 6 nitrogen and oxygen atoms in total. The molecule has 0 radical (unpaired) electrons. The van der Waals surface area contributed by atoms with Crippen molar-refractivity contribution in [3.8, 4) is 0 Å². The molecule has 4 heterocycles. The zero-order chi connectivity index (χ0) is 23.3. The predicted molar refractivity (Wildman–Crippen MR) is 114 cm³/mol. The van der Waals surface area contributed by atoms with Crippen LogP contribution in [0.25, 0.3) is 5.65 Å². The Morgan fingerprint density at radius 1 is 1.00 bits per heavy atom. The van der Waals surface area contributed by atoms with Gasteiger partial charge in [-0.1, -0.05) is 30.3 Å². The number of fused-ring (bicyclic) bond motifs is 2. The predicted octanol–water partition coefficient (Wildman–Crippen LogP) is 4.78. The van der Waals surface area contributed by atoms with Crippen LogP contribution in [0.3, 0.4) is 0 Å². The van der Waals surface area contributed by atoms with Gasteiger partial charge in [0.2, 0.25) is 0 Å². The fourth-order valence-corrected chi connectivity index (χ4v) is 4.17. The molecule has 1 aliphatic heterocycles. The maximum atomic E-state index is 15.1.